The van der Waals surface area contributed by atoms with Crippen molar-refractivity contribution in [3.63, 3.8) is 0 Å². The Bertz CT molecular complexity index is 157. The van der Waals surface area contributed by atoms with Crippen molar-refractivity contribution >= 4 is 0 Å². The summed E-state index contributed by atoms with van der Waals surface area (Å²) in [7, 11) is 1.55. The molecule has 0 rings (SSSR count). The van der Waals surface area contributed by atoms with Crippen molar-refractivity contribution in [3.05, 3.63) is 25.1 Å². The maximum Gasteiger partial charge on any atom is 0.146 e. The number of allylic oxidation sites excluding steroid dienone is 2. The van der Waals surface area contributed by atoms with Crippen LogP contribution in [0.3, 0.4) is 0 Å². The fourth-order valence-corrected chi connectivity index (χ4v) is 1.06. The van der Waals surface area contributed by atoms with Crippen molar-refractivity contribution in [1.29, 1.82) is 0 Å². The Morgan fingerprint density at radius 2 is 2.31 bits per heavy atom. The number of halogens is 1. The molecule has 0 saturated carbocycles. The topological polar surface area (TPSA) is 18.5 Å². The lowest BCUT2D eigenvalue weighted by Gasteiger charge is -2.13. The number of ether oxygens (including phenoxy) is 2. The molecule has 0 N–H and O–H groups in total. The third-order valence-electron chi connectivity index (χ3n) is 1.56. The standard InChI is InChI=1S/C10H17FO2/c1-4-5-10(6-9(2)11)7-13-8-12-3/h4,10H,1-2,5-8H2,3H3. The van der Waals surface area contributed by atoms with Crippen molar-refractivity contribution in [3.8, 4) is 0 Å². The van der Waals surface area contributed by atoms with Gasteiger partial charge in [-0.05, 0) is 12.3 Å². The fraction of sp³-hybridized carbons (Fsp3) is 0.600. The second-order valence-corrected chi connectivity index (χ2v) is 2.89. The summed E-state index contributed by atoms with van der Waals surface area (Å²) in [6.07, 6.45) is 2.81. The molecule has 0 aromatic heterocycles. The number of rotatable bonds is 8. The van der Waals surface area contributed by atoms with E-state index < -0.39 is 0 Å². The highest BCUT2D eigenvalue weighted by molar-refractivity contribution is 4.86. The minimum absolute atomic E-state index is 0.116. The van der Waals surface area contributed by atoms with Gasteiger partial charge in [-0.15, -0.1) is 6.58 Å². The zero-order chi connectivity index (χ0) is 10.1. The van der Waals surface area contributed by atoms with Gasteiger partial charge >= 0.3 is 0 Å². The lowest BCUT2D eigenvalue weighted by atomic mass is 10.0. The third kappa shape index (κ3) is 7.68. The van der Waals surface area contributed by atoms with Gasteiger partial charge in [-0.2, -0.15) is 0 Å². The SMILES string of the molecule is C=CCC(COCOC)CC(=C)F. The molecule has 0 bridgehead atoms. The summed E-state index contributed by atoms with van der Waals surface area (Å²) in [5.41, 5.74) is 0. The lowest BCUT2D eigenvalue weighted by Crippen LogP contribution is -2.10. The Hall–Kier alpha value is -0.670. The van der Waals surface area contributed by atoms with E-state index in [0.29, 0.717) is 13.0 Å². The molecule has 0 aliphatic rings. The van der Waals surface area contributed by atoms with Crippen LogP contribution in [0.25, 0.3) is 0 Å². The lowest BCUT2D eigenvalue weighted by molar-refractivity contribution is -0.0434. The molecule has 0 radical (unpaired) electrons. The molecular weight excluding hydrogens is 171 g/mol. The van der Waals surface area contributed by atoms with Crippen LogP contribution in [-0.2, 0) is 9.47 Å². The maximum atomic E-state index is 12.5. The molecule has 0 aliphatic heterocycles. The smallest absolute Gasteiger partial charge is 0.146 e. The van der Waals surface area contributed by atoms with Crippen molar-refractivity contribution in [2.24, 2.45) is 5.92 Å². The minimum atomic E-state index is -0.312. The van der Waals surface area contributed by atoms with Crippen LogP contribution in [0, 0.1) is 5.92 Å². The van der Waals surface area contributed by atoms with Crippen LogP contribution < -0.4 is 0 Å². The Labute approximate surface area is 79.0 Å². The van der Waals surface area contributed by atoms with Crippen LogP contribution >= 0.6 is 0 Å². The zero-order valence-electron chi connectivity index (χ0n) is 8.09. The van der Waals surface area contributed by atoms with Crippen molar-refractivity contribution in [2.75, 3.05) is 20.5 Å². The predicted octanol–water partition coefficient (Wildman–Crippen LogP) is 2.67. The van der Waals surface area contributed by atoms with Crippen LogP contribution in [0.15, 0.2) is 25.1 Å². The van der Waals surface area contributed by atoms with Crippen molar-refractivity contribution in [1.82, 2.24) is 0 Å². The highest BCUT2D eigenvalue weighted by Gasteiger charge is 2.08. The maximum absolute atomic E-state index is 12.5. The molecule has 0 aromatic rings. The summed E-state index contributed by atoms with van der Waals surface area (Å²) in [5, 5.41) is 0. The molecule has 0 aromatic carbocycles. The van der Waals surface area contributed by atoms with Crippen molar-refractivity contribution in [2.45, 2.75) is 12.8 Å². The first-order chi connectivity index (χ1) is 6.20. The number of hydrogen-bond donors (Lipinski definition) is 0. The van der Waals surface area contributed by atoms with Crippen LogP contribution in [0.1, 0.15) is 12.8 Å². The van der Waals surface area contributed by atoms with E-state index in [9.17, 15) is 4.39 Å². The van der Waals surface area contributed by atoms with Crippen LogP contribution in [0.5, 0.6) is 0 Å². The van der Waals surface area contributed by atoms with Gasteiger partial charge in [0.1, 0.15) is 6.79 Å². The van der Waals surface area contributed by atoms with E-state index in [-0.39, 0.29) is 18.5 Å². The molecule has 76 valence electrons. The number of methoxy groups -OCH3 is 1. The summed E-state index contributed by atoms with van der Waals surface area (Å²) in [6.45, 7) is 7.53. The second-order valence-electron chi connectivity index (χ2n) is 2.89. The highest BCUT2D eigenvalue weighted by Crippen LogP contribution is 2.15. The fourth-order valence-electron chi connectivity index (χ4n) is 1.06. The van der Waals surface area contributed by atoms with E-state index >= 15 is 0 Å². The monoisotopic (exact) mass is 188 g/mol. The third-order valence-corrected chi connectivity index (χ3v) is 1.56. The van der Waals surface area contributed by atoms with E-state index in [2.05, 4.69) is 13.2 Å². The Balaban J connectivity index is 3.65. The first-order valence-corrected chi connectivity index (χ1v) is 4.21. The van der Waals surface area contributed by atoms with Gasteiger partial charge in [-0.3, -0.25) is 0 Å². The van der Waals surface area contributed by atoms with Gasteiger partial charge in [0, 0.05) is 13.5 Å². The first kappa shape index (κ1) is 12.3. The molecule has 0 fully saturated rings. The Morgan fingerprint density at radius 1 is 1.62 bits per heavy atom. The molecule has 1 unspecified atom stereocenters. The van der Waals surface area contributed by atoms with Gasteiger partial charge in [0.2, 0.25) is 0 Å². The molecule has 13 heavy (non-hydrogen) atoms. The van der Waals surface area contributed by atoms with Gasteiger partial charge in [0.15, 0.2) is 0 Å². The molecule has 0 saturated heterocycles. The first-order valence-electron chi connectivity index (χ1n) is 4.21. The van der Waals surface area contributed by atoms with E-state index in [1.807, 2.05) is 0 Å². The Kier molecular flexibility index (Phi) is 7.54. The molecule has 0 amide bonds. The summed E-state index contributed by atoms with van der Waals surface area (Å²) in [4.78, 5) is 0. The van der Waals surface area contributed by atoms with Gasteiger partial charge < -0.3 is 9.47 Å². The van der Waals surface area contributed by atoms with Crippen molar-refractivity contribution < 1.29 is 13.9 Å². The second kappa shape index (κ2) is 7.95. The minimum Gasteiger partial charge on any atom is -0.359 e. The van der Waals surface area contributed by atoms with Crippen LogP contribution in [0.4, 0.5) is 4.39 Å². The normalized spacial score (nSPS) is 12.5. The average molecular weight is 188 g/mol. The van der Waals surface area contributed by atoms with E-state index in [1.165, 1.54) is 0 Å². The zero-order valence-corrected chi connectivity index (χ0v) is 8.09. The molecule has 0 heterocycles. The number of hydrogen-bond acceptors (Lipinski definition) is 2. The highest BCUT2D eigenvalue weighted by atomic mass is 19.1. The molecular formula is C10H17FO2. The van der Waals surface area contributed by atoms with Gasteiger partial charge in [0.05, 0.1) is 12.4 Å². The molecule has 0 spiro atoms. The summed E-state index contributed by atoms with van der Waals surface area (Å²) in [5.74, 6) is -0.196. The van der Waals surface area contributed by atoms with Gasteiger partial charge in [-0.1, -0.05) is 12.7 Å². The molecule has 0 aliphatic carbocycles. The molecule has 1 atom stereocenters. The van der Waals surface area contributed by atoms with E-state index in [0.717, 1.165) is 6.42 Å². The van der Waals surface area contributed by atoms with E-state index in [1.54, 1.807) is 13.2 Å². The molecule has 3 heteroatoms. The quantitative estimate of drug-likeness (QED) is 0.331. The largest absolute Gasteiger partial charge is 0.359 e. The van der Waals surface area contributed by atoms with Crippen LogP contribution in [-0.4, -0.2) is 20.5 Å². The molecule has 2 nitrogen and oxygen atoms in total. The van der Waals surface area contributed by atoms with Gasteiger partial charge in [-0.25, -0.2) is 4.39 Å². The van der Waals surface area contributed by atoms with Gasteiger partial charge in [0.25, 0.3) is 0 Å². The van der Waals surface area contributed by atoms with E-state index in [4.69, 9.17) is 9.47 Å². The predicted molar refractivity (Wildman–Crippen MR) is 51.0 cm³/mol. The summed E-state index contributed by atoms with van der Waals surface area (Å²) >= 11 is 0. The average Bonchev–Trinajstić information content (AvgIpc) is 2.04. The summed E-state index contributed by atoms with van der Waals surface area (Å²) < 4.78 is 22.3. The van der Waals surface area contributed by atoms with Crippen LogP contribution in [0.2, 0.25) is 0 Å². The Morgan fingerprint density at radius 3 is 2.77 bits per heavy atom. The summed E-state index contributed by atoms with van der Waals surface area (Å²) in [6, 6.07) is 0.